The van der Waals surface area contributed by atoms with E-state index in [0.29, 0.717) is 0 Å². The Labute approximate surface area is 130 Å². The Kier molecular flexibility index (Phi) is 4.85. The van der Waals surface area contributed by atoms with Crippen LogP contribution < -0.4 is 14.8 Å². The number of thiazole rings is 1. The number of methoxy groups -OCH3 is 2. The van der Waals surface area contributed by atoms with Gasteiger partial charge >= 0.3 is 0 Å². The molecular weight excluding hydrogens is 284 g/mol. The van der Waals surface area contributed by atoms with E-state index in [4.69, 9.17) is 9.47 Å². The fourth-order valence-corrected chi connectivity index (χ4v) is 2.60. The van der Waals surface area contributed by atoms with Crippen LogP contribution in [0.3, 0.4) is 0 Å². The topological polar surface area (TPSA) is 43.4 Å². The van der Waals surface area contributed by atoms with E-state index in [1.54, 1.807) is 25.6 Å². The quantitative estimate of drug-likeness (QED) is 0.914. The molecule has 0 fully saturated rings. The summed E-state index contributed by atoms with van der Waals surface area (Å²) in [5.74, 6) is 1.60. The largest absolute Gasteiger partial charge is 0.497 e. The Balaban J connectivity index is 2.24. The predicted octanol–water partition coefficient (Wildman–Crippen LogP) is 3.72. The molecule has 0 saturated carbocycles. The van der Waals surface area contributed by atoms with E-state index in [-0.39, 0.29) is 5.54 Å². The number of benzene rings is 1. The summed E-state index contributed by atoms with van der Waals surface area (Å²) in [5, 5.41) is 6.56. The van der Waals surface area contributed by atoms with Crippen molar-refractivity contribution in [3.8, 4) is 22.8 Å². The zero-order chi connectivity index (χ0) is 15.5. The second-order valence-electron chi connectivity index (χ2n) is 5.80. The summed E-state index contributed by atoms with van der Waals surface area (Å²) >= 11 is 1.65. The molecule has 0 aliphatic rings. The van der Waals surface area contributed by atoms with Crippen LogP contribution in [0.15, 0.2) is 23.6 Å². The Bertz CT molecular complexity index is 603. The molecular formula is C16H22N2O2S. The average molecular weight is 306 g/mol. The van der Waals surface area contributed by atoms with Crippen LogP contribution in [0.25, 0.3) is 11.3 Å². The van der Waals surface area contributed by atoms with E-state index < -0.39 is 0 Å². The van der Waals surface area contributed by atoms with Gasteiger partial charge in [0, 0.05) is 23.0 Å². The number of nitrogens with one attached hydrogen (secondary N) is 1. The molecule has 114 valence electrons. The minimum Gasteiger partial charge on any atom is -0.497 e. The predicted molar refractivity (Wildman–Crippen MR) is 87.2 cm³/mol. The summed E-state index contributed by atoms with van der Waals surface area (Å²) in [4.78, 5) is 4.69. The van der Waals surface area contributed by atoms with Crippen molar-refractivity contribution in [2.24, 2.45) is 0 Å². The van der Waals surface area contributed by atoms with Gasteiger partial charge in [-0.1, -0.05) is 0 Å². The number of nitrogens with zero attached hydrogens (tertiary/aromatic N) is 1. The summed E-state index contributed by atoms with van der Waals surface area (Å²) in [6.07, 6.45) is 0. The van der Waals surface area contributed by atoms with Gasteiger partial charge in [-0.2, -0.15) is 0 Å². The van der Waals surface area contributed by atoms with Crippen LogP contribution >= 0.6 is 11.3 Å². The third kappa shape index (κ3) is 4.19. The first-order valence-electron chi connectivity index (χ1n) is 6.85. The van der Waals surface area contributed by atoms with E-state index >= 15 is 0 Å². The Morgan fingerprint density at radius 3 is 2.57 bits per heavy atom. The highest BCUT2D eigenvalue weighted by atomic mass is 32.1. The molecule has 1 heterocycles. The van der Waals surface area contributed by atoms with Gasteiger partial charge in [0.1, 0.15) is 16.5 Å². The van der Waals surface area contributed by atoms with Crippen LogP contribution in [-0.2, 0) is 6.54 Å². The first-order valence-corrected chi connectivity index (χ1v) is 7.73. The van der Waals surface area contributed by atoms with Crippen molar-refractivity contribution in [2.45, 2.75) is 32.9 Å². The van der Waals surface area contributed by atoms with Crippen LogP contribution in [-0.4, -0.2) is 24.7 Å². The van der Waals surface area contributed by atoms with Gasteiger partial charge in [0.25, 0.3) is 0 Å². The molecule has 0 spiro atoms. The van der Waals surface area contributed by atoms with Crippen molar-refractivity contribution < 1.29 is 9.47 Å². The average Bonchev–Trinajstić information content (AvgIpc) is 2.92. The summed E-state index contributed by atoms with van der Waals surface area (Å²) in [6.45, 7) is 7.20. The number of ether oxygens (including phenoxy) is 2. The van der Waals surface area contributed by atoms with Gasteiger partial charge in [0.2, 0.25) is 0 Å². The Morgan fingerprint density at radius 2 is 1.95 bits per heavy atom. The lowest BCUT2D eigenvalue weighted by molar-refractivity contribution is 0.404. The standard InChI is InChI=1S/C16H22N2O2S/c1-16(2,3)17-9-15-18-13(10-21-15)12-8-11(19-4)6-7-14(12)20-5/h6-8,10,17H,9H2,1-5H3. The monoisotopic (exact) mass is 306 g/mol. The molecule has 4 nitrogen and oxygen atoms in total. The van der Waals surface area contributed by atoms with E-state index in [1.807, 2.05) is 18.2 Å². The highest BCUT2D eigenvalue weighted by Gasteiger charge is 2.13. The Hall–Kier alpha value is -1.59. The molecule has 21 heavy (non-hydrogen) atoms. The normalized spacial score (nSPS) is 11.5. The molecule has 0 radical (unpaired) electrons. The van der Waals surface area contributed by atoms with Crippen molar-refractivity contribution in [1.29, 1.82) is 0 Å². The van der Waals surface area contributed by atoms with Crippen LogP contribution in [0.1, 0.15) is 25.8 Å². The van der Waals surface area contributed by atoms with Crippen LogP contribution in [0.5, 0.6) is 11.5 Å². The summed E-state index contributed by atoms with van der Waals surface area (Å²) < 4.78 is 10.7. The fourth-order valence-electron chi connectivity index (χ4n) is 1.87. The second kappa shape index (κ2) is 6.45. The molecule has 5 heteroatoms. The lowest BCUT2D eigenvalue weighted by Crippen LogP contribution is -2.34. The lowest BCUT2D eigenvalue weighted by atomic mass is 10.1. The van der Waals surface area contributed by atoms with Crippen molar-refractivity contribution in [1.82, 2.24) is 10.3 Å². The minimum atomic E-state index is 0.0828. The van der Waals surface area contributed by atoms with Crippen molar-refractivity contribution in [3.63, 3.8) is 0 Å². The summed E-state index contributed by atoms with van der Waals surface area (Å²) in [6, 6.07) is 5.74. The maximum Gasteiger partial charge on any atom is 0.128 e. The highest BCUT2D eigenvalue weighted by molar-refractivity contribution is 7.09. The molecule has 2 rings (SSSR count). The van der Waals surface area contributed by atoms with E-state index in [9.17, 15) is 0 Å². The van der Waals surface area contributed by atoms with Gasteiger partial charge in [-0.3, -0.25) is 0 Å². The maximum atomic E-state index is 5.42. The van der Waals surface area contributed by atoms with Gasteiger partial charge in [-0.05, 0) is 39.0 Å². The molecule has 1 aromatic carbocycles. The number of aromatic nitrogens is 1. The van der Waals surface area contributed by atoms with E-state index in [1.165, 1.54) is 0 Å². The van der Waals surface area contributed by atoms with Crippen molar-refractivity contribution in [3.05, 3.63) is 28.6 Å². The van der Waals surface area contributed by atoms with Crippen LogP contribution in [0, 0.1) is 0 Å². The van der Waals surface area contributed by atoms with Gasteiger partial charge < -0.3 is 14.8 Å². The van der Waals surface area contributed by atoms with Gasteiger partial charge in [0.15, 0.2) is 0 Å². The van der Waals surface area contributed by atoms with E-state index in [0.717, 1.165) is 34.3 Å². The molecule has 2 aromatic rings. The smallest absolute Gasteiger partial charge is 0.128 e. The third-order valence-corrected chi connectivity index (χ3v) is 3.85. The number of hydrogen-bond donors (Lipinski definition) is 1. The SMILES string of the molecule is COc1ccc(OC)c(-c2csc(CNC(C)(C)C)n2)c1. The number of rotatable bonds is 5. The van der Waals surface area contributed by atoms with Crippen molar-refractivity contribution in [2.75, 3.05) is 14.2 Å². The fraction of sp³-hybridized carbons (Fsp3) is 0.438. The van der Waals surface area contributed by atoms with Gasteiger partial charge in [0.05, 0.1) is 19.9 Å². The second-order valence-corrected chi connectivity index (χ2v) is 6.74. The molecule has 0 bridgehead atoms. The van der Waals surface area contributed by atoms with Gasteiger partial charge in [-0.25, -0.2) is 4.98 Å². The summed E-state index contributed by atoms with van der Waals surface area (Å²) in [7, 11) is 3.32. The zero-order valence-electron chi connectivity index (χ0n) is 13.2. The first-order chi connectivity index (χ1) is 9.93. The molecule has 0 aliphatic carbocycles. The molecule has 1 aromatic heterocycles. The highest BCUT2D eigenvalue weighted by Crippen LogP contribution is 2.33. The molecule has 0 aliphatic heterocycles. The molecule has 0 unspecified atom stereocenters. The lowest BCUT2D eigenvalue weighted by Gasteiger charge is -2.19. The summed E-state index contributed by atoms with van der Waals surface area (Å²) in [5.41, 5.74) is 1.95. The number of hydrogen-bond acceptors (Lipinski definition) is 5. The molecule has 0 saturated heterocycles. The van der Waals surface area contributed by atoms with Gasteiger partial charge in [-0.15, -0.1) is 11.3 Å². The third-order valence-electron chi connectivity index (χ3n) is 3.00. The van der Waals surface area contributed by atoms with Crippen LogP contribution in [0.2, 0.25) is 0 Å². The van der Waals surface area contributed by atoms with Crippen molar-refractivity contribution >= 4 is 11.3 Å². The Morgan fingerprint density at radius 1 is 1.19 bits per heavy atom. The molecule has 0 amide bonds. The molecule has 1 N–H and O–H groups in total. The first kappa shape index (κ1) is 15.8. The van der Waals surface area contributed by atoms with Crippen LogP contribution in [0.4, 0.5) is 0 Å². The van der Waals surface area contributed by atoms with E-state index in [2.05, 4.69) is 36.5 Å². The minimum absolute atomic E-state index is 0.0828. The molecule has 0 atom stereocenters. The maximum absolute atomic E-state index is 5.42. The zero-order valence-corrected chi connectivity index (χ0v) is 14.0.